The second-order valence-electron chi connectivity index (χ2n) is 9.08. The maximum atomic E-state index is 14.0. The minimum absolute atomic E-state index is 0.183. The largest absolute Gasteiger partial charge is 0.494 e. The van der Waals surface area contributed by atoms with E-state index in [1.807, 2.05) is 55.5 Å². The van der Waals surface area contributed by atoms with Gasteiger partial charge in [0.15, 0.2) is 0 Å². The number of carbonyl (C=O) groups is 2. The molecule has 1 unspecified atom stereocenters. The summed E-state index contributed by atoms with van der Waals surface area (Å²) in [6.45, 7) is 2.46. The van der Waals surface area contributed by atoms with Crippen molar-refractivity contribution in [3.8, 4) is 5.75 Å². The summed E-state index contributed by atoms with van der Waals surface area (Å²) in [6, 6.07) is 28.3. The average molecular weight is 538 g/mol. The quantitative estimate of drug-likeness (QED) is 0.269. The number of ether oxygens (including phenoxy) is 1. The van der Waals surface area contributed by atoms with Gasteiger partial charge in [-0.2, -0.15) is 0 Å². The Balaban J connectivity index is 1.54. The van der Waals surface area contributed by atoms with Crippen molar-refractivity contribution < 1.29 is 18.7 Å². The molecule has 2 amide bonds. The van der Waals surface area contributed by atoms with Crippen LogP contribution in [0.4, 0.5) is 10.1 Å². The smallest absolute Gasteiger partial charge is 0.249 e. The summed E-state index contributed by atoms with van der Waals surface area (Å²) in [4.78, 5) is 29.3. The number of aromatic nitrogens is 3. The first kappa shape index (κ1) is 26.6. The third-order valence-corrected chi connectivity index (χ3v) is 6.40. The number of fused-ring (bicyclic) bond motifs is 1. The molecule has 5 rings (SSSR count). The van der Waals surface area contributed by atoms with Gasteiger partial charge in [0.1, 0.15) is 29.7 Å². The summed E-state index contributed by atoms with van der Waals surface area (Å²) < 4.78 is 21.0. The van der Waals surface area contributed by atoms with Crippen LogP contribution in [0.1, 0.15) is 24.1 Å². The minimum atomic E-state index is -1.06. The average Bonchev–Trinajstić information content (AvgIpc) is 3.39. The number of benzene rings is 4. The molecule has 0 fully saturated rings. The summed E-state index contributed by atoms with van der Waals surface area (Å²) in [5.41, 5.74) is 3.17. The monoisotopic (exact) mass is 537 g/mol. The van der Waals surface area contributed by atoms with E-state index in [9.17, 15) is 14.0 Å². The molecule has 0 saturated heterocycles. The first-order valence-electron chi connectivity index (χ1n) is 12.9. The van der Waals surface area contributed by atoms with Crippen LogP contribution in [-0.4, -0.2) is 33.4 Å². The van der Waals surface area contributed by atoms with Crippen molar-refractivity contribution >= 4 is 28.5 Å². The van der Waals surface area contributed by atoms with Gasteiger partial charge in [-0.3, -0.25) is 14.5 Å². The van der Waals surface area contributed by atoms with Crippen molar-refractivity contribution in [3.63, 3.8) is 0 Å². The number of nitrogens with one attached hydrogen (secondary N) is 1. The molecule has 9 heteroatoms. The van der Waals surface area contributed by atoms with Crippen LogP contribution in [0.3, 0.4) is 0 Å². The highest BCUT2D eigenvalue weighted by atomic mass is 19.1. The van der Waals surface area contributed by atoms with Gasteiger partial charge < -0.3 is 10.1 Å². The molecule has 40 heavy (non-hydrogen) atoms. The third-order valence-electron chi connectivity index (χ3n) is 6.40. The van der Waals surface area contributed by atoms with Crippen LogP contribution in [0.15, 0.2) is 103 Å². The number of nitrogens with zero attached hydrogens (tertiary/aromatic N) is 4. The SMILES string of the molecule is CCOc1ccc(C(C(=O)NCc2ccccc2)N(C(=O)Cn2nnc3ccccc32)c2ccc(F)cc2)cc1. The zero-order valence-electron chi connectivity index (χ0n) is 21.9. The molecule has 0 bridgehead atoms. The lowest BCUT2D eigenvalue weighted by molar-refractivity contribution is -0.127. The predicted molar refractivity (Wildman–Crippen MR) is 150 cm³/mol. The Morgan fingerprint density at radius 3 is 2.35 bits per heavy atom. The number of hydrogen-bond donors (Lipinski definition) is 1. The molecule has 0 saturated carbocycles. The second kappa shape index (κ2) is 12.2. The van der Waals surface area contributed by atoms with E-state index in [1.54, 1.807) is 30.3 Å². The normalized spacial score (nSPS) is 11.7. The van der Waals surface area contributed by atoms with Crippen LogP contribution in [0.2, 0.25) is 0 Å². The fourth-order valence-corrected chi connectivity index (χ4v) is 4.49. The molecule has 0 radical (unpaired) electrons. The number of amides is 2. The lowest BCUT2D eigenvalue weighted by atomic mass is 10.0. The molecular weight excluding hydrogens is 509 g/mol. The Morgan fingerprint density at radius 1 is 0.925 bits per heavy atom. The highest BCUT2D eigenvalue weighted by Crippen LogP contribution is 2.30. The van der Waals surface area contributed by atoms with Crippen molar-refractivity contribution in [2.75, 3.05) is 11.5 Å². The van der Waals surface area contributed by atoms with Crippen LogP contribution in [-0.2, 0) is 22.7 Å². The van der Waals surface area contributed by atoms with E-state index in [-0.39, 0.29) is 13.1 Å². The van der Waals surface area contributed by atoms with Crippen LogP contribution in [0.25, 0.3) is 11.0 Å². The highest BCUT2D eigenvalue weighted by Gasteiger charge is 2.33. The van der Waals surface area contributed by atoms with E-state index in [2.05, 4.69) is 15.6 Å². The Bertz CT molecular complexity index is 1590. The van der Waals surface area contributed by atoms with Crippen molar-refractivity contribution in [1.29, 1.82) is 0 Å². The fourth-order valence-electron chi connectivity index (χ4n) is 4.49. The molecular formula is C31H28FN5O3. The number of para-hydroxylation sites is 1. The zero-order chi connectivity index (χ0) is 27.9. The predicted octanol–water partition coefficient (Wildman–Crippen LogP) is 5.06. The van der Waals surface area contributed by atoms with Crippen LogP contribution in [0.5, 0.6) is 5.75 Å². The standard InChI is InChI=1S/C31H28FN5O3/c1-2-40-26-18-12-23(13-19-26)30(31(39)33-20-22-8-4-3-5-9-22)37(25-16-14-24(32)15-17-25)29(38)21-36-28-11-7-6-10-27(28)34-35-36/h3-19,30H,2,20-21H2,1H3,(H,33,39). The Labute approximate surface area is 231 Å². The van der Waals surface area contributed by atoms with E-state index >= 15 is 0 Å². The van der Waals surface area contributed by atoms with Crippen molar-refractivity contribution in [2.45, 2.75) is 26.1 Å². The molecule has 0 aliphatic carbocycles. The fraction of sp³-hybridized carbons (Fsp3) is 0.161. The van der Waals surface area contributed by atoms with Gasteiger partial charge in [-0.15, -0.1) is 5.10 Å². The maximum absolute atomic E-state index is 14.0. The number of rotatable bonds is 10. The van der Waals surface area contributed by atoms with Crippen LogP contribution >= 0.6 is 0 Å². The molecule has 1 heterocycles. The molecule has 202 valence electrons. The first-order chi connectivity index (χ1) is 19.5. The van der Waals surface area contributed by atoms with Gasteiger partial charge in [0.25, 0.3) is 0 Å². The Hall–Kier alpha value is -5.05. The lowest BCUT2D eigenvalue weighted by Crippen LogP contribution is -2.45. The van der Waals surface area contributed by atoms with E-state index in [0.29, 0.717) is 34.6 Å². The molecule has 4 aromatic carbocycles. The van der Waals surface area contributed by atoms with Crippen molar-refractivity contribution in [2.24, 2.45) is 0 Å². The number of anilines is 1. The number of halogens is 1. The van der Waals surface area contributed by atoms with Gasteiger partial charge in [0.05, 0.1) is 12.1 Å². The van der Waals surface area contributed by atoms with Gasteiger partial charge in [0, 0.05) is 12.2 Å². The van der Waals surface area contributed by atoms with Crippen LogP contribution < -0.4 is 15.0 Å². The number of hydrogen-bond acceptors (Lipinski definition) is 5. The van der Waals surface area contributed by atoms with Crippen molar-refractivity contribution in [1.82, 2.24) is 20.3 Å². The molecule has 0 spiro atoms. The summed E-state index contributed by atoms with van der Waals surface area (Å²) in [5, 5.41) is 11.3. The zero-order valence-corrected chi connectivity index (χ0v) is 21.9. The molecule has 0 aliphatic rings. The summed E-state index contributed by atoms with van der Waals surface area (Å²) in [5.74, 6) is -0.627. The van der Waals surface area contributed by atoms with E-state index < -0.39 is 23.7 Å². The van der Waals surface area contributed by atoms with E-state index in [1.165, 1.54) is 33.8 Å². The summed E-state index contributed by atoms with van der Waals surface area (Å²) in [7, 11) is 0. The van der Waals surface area contributed by atoms with E-state index in [0.717, 1.165) is 5.56 Å². The van der Waals surface area contributed by atoms with Crippen LogP contribution in [0, 0.1) is 5.82 Å². The summed E-state index contributed by atoms with van der Waals surface area (Å²) >= 11 is 0. The Morgan fingerprint density at radius 2 is 1.62 bits per heavy atom. The van der Waals surface area contributed by atoms with Gasteiger partial charge in [0.2, 0.25) is 11.8 Å². The van der Waals surface area contributed by atoms with Gasteiger partial charge >= 0.3 is 0 Å². The molecule has 0 aliphatic heterocycles. The molecule has 1 atom stereocenters. The summed E-state index contributed by atoms with van der Waals surface area (Å²) in [6.07, 6.45) is 0. The second-order valence-corrected chi connectivity index (χ2v) is 9.08. The van der Waals surface area contributed by atoms with Gasteiger partial charge in [-0.1, -0.05) is 59.8 Å². The third kappa shape index (κ3) is 5.99. The van der Waals surface area contributed by atoms with Crippen molar-refractivity contribution in [3.05, 3.63) is 120 Å². The topological polar surface area (TPSA) is 89.4 Å². The molecule has 1 N–H and O–H groups in total. The first-order valence-corrected chi connectivity index (χ1v) is 12.9. The molecule has 8 nitrogen and oxygen atoms in total. The maximum Gasteiger partial charge on any atom is 0.249 e. The lowest BCUT2D eigenvalue weighted by Gasteiger charge is -2.31. The highest BCUT2D eigenvalue weighted by molar-refractivity contribution is 6.01. The number of carbonyl (C=O) groups excluding carboxylic acids is 2. The Kier molecular flexibility index (Phi) is 8.10. The molecule has 5 aromatic rings. The van der Waals surface area contributed by atoms with Gasteiger partial charge in [-0.05, 0) is 66.6 Å². The minimum Gasteiger partial charge on any atom is -0.494 e. The van der Waals surface area contributed by atoms with Gasteiger partial charge in [-0.25, -0.2) is 9.07 Å². The molecule has 1 aromatic heterocycles. The van der Waals surface area contributed by atoms with E-state index in [4.69, 9.17) is 4.74 Å².